The Kier molecular flexibility index (Phi) is 7.17. The van der Waals surface area contributed by atoms with Gasteiger partial charge in [-0.05, 0) is 59.3 Å². The van der Waals surface area contributed by atoms with Gasteiger partial charge in [-0.3, -0.25) is 14.5 Å². The quantitative estimate of drug-likeness (QED) is 0.240. The van der Waals surface area contributed by atoms with Crippen molar-refractivity contribution in [2.24, 2.45) is 5.11 Å². The molecule has 178 valence electrons. The summed E-state index contributed by atoms with van der Waals surface area (Å²) in [5, 5.41) is 3.70. The first-order chi connectivity index (χ1) is 16.9. The Balaban J connectivity index is 1.84. The number of hydrogen-bond donors (Lipinski definition) is 0. The SMILES string of the molecule is [N-]=[N+]=N[C@H](C(=O)N1C(=O)CCC[C@@H]1c1ccccc1)[C@@H](c1ccc(F)cc1)c1cc(F)cc(F)c1. The van der Waals surface area contributed by atoms with Gasteiger partial charge in [-0.15, -0.1) is 0 Å². The largest absolute Gasteiger partial charge is 0.275 e. The van der Waals surface area contributed by atoms with E-state index in [1.807, 2.05) is 6.07 Å². The van der Waals surface area contributed by atoms with Crippen molar-refractivity contribution in [2.75, 3.05) is 0 Å². The fourth-order valence-corrected chi connectivity index (χ4v) is 4.58. The second-order valence-electron chi connectivity index (χ2n) is 8.30. The molecular weight excluding hydrogens is 457 g/mol. The number of nitrogens with zero attached hydrogens (tertiary/aromatic N) is 4. The van der Waals surface area contributed by atoms with Gasteiger partial charge in [0, 0.05) is 23.3 Å². The lowest BCUT2D eigenvalue weighted by molar-refractivity contribution is -0.151. The number of amides is 2. The van der Waals surface area contributed by atoms with Crippen molar-refractivity contribution < 1.29 is 22.8 Å². The van der Waals surface area contributed by atoms with Crippen LogP contribution in [0.15, 0.2) is 77.9 Å². The van der Waals surface area contributed by atoms with Gasteiger partial charge in [-0.25, -0.2) is 13.2 Å². The molecule has 35 heavy (non-hydrogen) atoms. The smallest absolute Gasteiger partial charge is 0.239 e. The second kappa shape index (κ2) is 10.4. The van der Waals surface area contributed by atoms with Crippen molar-refractivity contribution in [1.82, 2.24) is 4.90 Å². The fourth-order valence-electron chi connectivity index (χ4n) is 4.58. The van der Waals surface area contributed by atoms with E-state index in [2.05, 4.69) is 10.0 Å². The highest BCUT2D eigenvalue weighted by atomic mass is 19.1. The summed E-state index contributed by atoms with van der Waals surface area (Å²) in [6.07, 6.45) is 1.22. The molecule has 0 bridgehead atoms. The molecule has 0 aliphatic carbocycles. The monoisotopic (exact) mass is 478 g/mol. The molecule has 1 aliphatic rings. The van der Waals surface area contributed by atoms with Crippen LogP contribution in [0.4, 0.5) is 13.2 Å². The lowest BCUT2D eigenvalue weighted by Crippen LogP contribution is -2.48. The Morgan fingerprint density at radius 1 is 0.943 bits per heavy atom. The van der Waals surface area contributed by atoms with E-state index in [1.165, 1.54) is 12.1 Å². The molecule has 0 N–H and O–H groups in total. The predicted molar refractivity (Wildman–Crippen MR) is 122 cm³/mol. The molecule has 3 atom stereocenters. The molecule has 3 aromatic rings. The molecule has 0 unspecified atom stereocenters. The maximum atomic E-state index is 14.2. The van der Waals surface area contributed by atoms with Crippen LogP contribution >= 0.6 is 0 Å². The summed E-state index contributed by atoms with van der Waals surface area (Å²) in [5.41, 5.74) is 10.4. The standard InChI is InChI=1S/C26H21F3N4O2/c27-19-11-9-17(10-12-19)24(18-13-20(28)15-21(29)14-18)25(31-32-30)26(35)33-22(7-4-8-23(33)34)16-5-2-1-3-6-16/h1-3,5-6,9-15,22,24-25H,4,7-8H2/t22-,24+,25+/m1/s1. The third-order valence-corrected chi connectivity index (χ3v) is 6.09. The van der Waals surface area contributed by atoms with Crippen LogP contribution < -0.4 is 0 Å². The van der Waals surface area contributed by atoms with Gasteiger partial charge >= 0.3 is 0 Å². The van der Waals surface area contributed by atoms with Crippen LogP contribution in [0, 0.1) is 17.5 Å². The Morgan fingerprint density at radius 2 is 1.60 bits per heavy atom. The van der Waals surface area contributed by atoms with Crippen LogP contribution in [-0.2, 0) is 9.59 Å². The average Bonchev–Trinajstić information content (AvgIpc) is 2.84. The molecule has 1 aliphatic heterocycles. The normalized spacial score (nSPS) is 17.4. The van der Waals surface area contributed by atoms with Crippen molar-refractivity contribution in [3.63, 3.8) is 0 Å². The highest BCUT2D eigenvalue weighted by Crippen LogP contribution is 2.37. The summed E-state index contributed by atoms with van der Waals surface area (Å²) in [4.78, 5) is 30.8. The predicted octanol–water partition coefficient (Wildman–Crippen LogP) is 6.20. The molecule has 1 fully saturated rings. The second-order valence-corrected chi connectivity index (χ2v) is 8.30. The highest BCUT2D eigenvalue weighted by molar-refractivity contribution is 5.99. The fraction of sp³-hybridized carbons (Fsp3) is 0.231. The average molecular weight is 478 g/mol. The number of benzene rings is 3. The van der Waals surface area contributed by atoms with Gasteiger partial charge in [0.1, 0.15) is 23.5 Å². The van der Waals surface area contributed by atoms with Gasteiger partial charge in [0.2, 0.25) is 11.8 Å². The molecule has 0 saturated carbocycles. The number of likely N-dealkylation sites (tertiary alicyclic amines) is 1. The molecule has 1 heterocycles. The molecule has 4 rings (SSSR count). The van der Waals surface area contributed by atoms with Crippen molar-refractivity contribution in [1.29, 1.82) is 0 Å². The minimum Gasteiger partial charge on any atom is -0.275 e. The lowest BCUT2D eigenvalue weighted by Gasteiger charge is -2.37. The molecular formula is C26H21F3N4O2. The summed E-state index contributed by atoms with van der Waals surface area (Å²) in [6, 6.07) is 14.5. The van der Waals surface area contributed by atoms with Crippen molar-refractivity contribution in [3.8, 4) is 0 Å². The summed E-state index contributed by atoms with van der Waals surface area (Å²) in [5.74, 6) is -4.74. The lowest BCUT2D eigenvalue weighted by atomic mass is 9.83. The van der Waals surface area contributed by atoms with E-state index in [0.29, 0.717) is 24.5 Å². The maximum absolute atomic E-state index is 14.2. The minimum absolute atomic E-state index is 0.0144. The van der Waals surface area contributed by atoms with Crippen LogP contribution in [0.25, 0.3) is 10.4 Å². The van der Waals surface area contributed by atoms with E-state index in [9.17, 15) is 28.3 Å². The number of hydrogen-bond acceptors (Lipinski definition) is 3. The van der Waals surface area contributed by atoms with Gasteiger partial charge in [-0.1, -0.05) is 47.6 Å². The number of carbonyl (C=O) groups is 2. The number of rotatable bonds is 6. The molecule has 6 nitrogen and oxygen atoms in total. The molecule has 0 radical (unpaired) electrons. The summed E-state index contributed by atoms with van der Waals surface area (Å²) in [7, 11) is 0. The Labute approximate surface area is 199 Å². The van der Waals surface area contributed by atoms with Crippen LogP contribution in [-0.4, -0.2) is 22.8 Å². The zero-order chi connectivity index (χ0) is 24.9. The zero-order valence-electron chi connectivity index (χ0n) is 18.5. The highest BCUT2D eigenvalue weighted by Gasteiger charge is 2.41. The Morgan fingerprint density at radius 3 is 2.23 bits per heavy atom. The van der Waals surface area contributed by atoms with E-state index in [0.717, 1.165) is 34.7 Å². The van der Waals surface area contributed by atoms with Gasteiger partial charge in [-0.2, -0.15) is 0 Å². The van der Waals surface area contributed by atoms with Crippen molar-refractivity contribution in [2.45, 2.75) is 37.3 Å². The number of halogens is 3. The number of azide groups is 1. The number of carbonyl (C=O) groups excluding carboxylic acids is 2. The third kappa shape index (κ3) is 5.20. The first-order valence-corrected chi connectivity index (χ1v) is 11.1. The zero-order valence-corrected chi connectivity index (χ0v) is 18.5. The van der Waals surface area contributed by atoms with E-state index < -0.39 is 47.3 Å². The van der Waals surface area contributed by atoms with Gasteiger partial charge in [0.15, 0.2) is 0 Å². The van der Waals surface area contributed by atoms with Crippen LogP contribution in [0.1, 0.15) is 47.9 Å². The summed E-state index contributed by atoms with van der Waals surface area (Å²) in [6.45, 7) is 0. The number of piperidine rings is 1. The summed E-state index contributed by atoms with van der Waals surface area (Å²) < 4.78 is 42.0. The van der Waals surface area contributed by atoms with Gasteiger partial charge in [0.25, 0.3) is 0 Å². The van der Waals surface area contributed by atoms with Gasteiger partial charge in [0.05, 0.1) is 6.04 Å². The van der Waals surface area contributed by atoms with E-state index >= 15 is 0 Å². The van der Waals surface area contributed by atoms with Crippen LogP contribution in [0.5, 0.6) is 0 Å². The van der Waals surface area contributed by atoms with Crippen LogP contribution in [0.2, 0.25) is 0 Å². The summed E-state index contributed by atoms with van der Waals surface area (Å²) >= 11 is 0. The topological polar surface area (TPSA) is 86.1 Å². The van der Waals surface area contributed by atoms with Gasteiger partial charge < -0.3 is 0 Å². The van der Waals surface area contributed by atoms with E-state index in [4.69, 9.17) is 0 Å². The van der Waals surface area contributed by atoms with Crippen LogP contribution in [0.3, 0.4) is 0 Å². The Hall–Kier alpha value is -4.10. The molecule has 0 spiro atoms. The van der Waals surface area contributed by atoms with E-state index in [1.54, 1.807) is 24.3 Å². The number of imide groups is 1. The molecule has 1 saturated heterocycles. The van der Waals surface area contributed by atoms with E-state index in [-0.39, 0.29) is 12.0 Å². The third-order valence-electron chi connectivity index (χ3n) is 6.09. The first-order valence-electron chi connectivity index (χ1n) is 11.1. The minimum atomic E-state index is -1.56. The molecule has 3 aromatic carbocycles. The van der Waals surface area contributed by atoms with Crippen molar-refractivity contribution >= 4 is 11.8 Å². The Bertz CT molecular complexity index is 1260. The maximum Gasteiger partial charge on any atom is 0.239 e. The molecule has 0 aromatic heterocycles. The van der Waals surface area contributed by atoms with Crippen molar-refractivity contribution in [3.05, 3.63) is 117 Å². The first kappa shape index (κ1) is 24.0. The molecule has 9 heteroatoms. The molecule has 2 amide bonds.